The SMILES string of the molecule is CC1Oc2c(F)cc(Br)cc2N(C(=O)OC(C)(C)C)c2nccc(Cl)c21. The van der Waals surface area contributed by atoms with Crippen molar-refractivity contribution in [2.75, 3.05) is 4.90 Å². The van der Waals surface area contributed by atoms with Gasteiger partial charge in [-0.05, 0) is 45.9 Å². The summed E-state index contributed by atoms with van der Waals surface area (Å²) in [4.78, 5) is 18.5. The molecule has 8 heteroatoms. The quantitative estimate of drug-likeness (QED) is 0.489. The molecule has 2 heterocycles. The minimum Gasteiger partial charge on any atom is -0.481 e. The van der Waals surface area contributed by atoms with E-state index in [0.717, 1.165) is 0 Å². The minimum absolute atomic E-state index is 0.0689. The van der Waals surface area contributed by atoms with Crippen molar-refractivity contribution in [2.24, 2.45) is 0 Å². The van der Waals surface area contributed by atoms with Crippen LogP contribution in [0.15, 0.2) is 28.9 Å². The summed E-state index contributed by atoms with van der Waals surface area (Å²) in [6.07, 6.45) is 0.156. The van der Waals surface area contributed by atoms with E-state index in [-0.39, 0.29) is 17.3 Å². The molecule has 1 atom stereocenters. The van der Waals surface area contributed by atoms with E-state index in [4.69, 9.17) is 21.1 Å². The number of benzene rings is 1. The van der Waals surface area contributed by atoms with Gasteiger partial charge in [-0.15, -0.1) is 0 Å². The predicted octanol–water partition coefficient (Wildman–Crippen LogP) is 6.16. The van der Waals surface area contributed by atoms with Crippen LogP contribution in [0.1, 0.15) is 39.4 Å². The van der Waals surface area contributed by atoms with Gasteiger partial charge in [0, 0.05) is 10.7 Å². The Balaban J connectivity index is 2.29. The second kappa shape index (κ2) is 6.70. The number of ether oxygens (including phenoxy) is 2. The maximum atomic E-state index is 14.6. The number of amides is 1. The molecule has 1 aliphatic heterocycles. The number of anilines is 2. The van der Waals surface area contributed by atoms with Crippen LogP contribution in [-0.4, -0.2) is 16.7 Å². The number of pyridine rings is 1. The van der Waals surface area contributed by atoms with Crippen LogP contribution in [0.4, 0.5) is 20.7 Å². The molecular weight excluding hydrogens is 427 g/mol. The Bertz CT molecular complexity index is 885. The molecule has 1 aromatic heterocycles. The van der Waals surface area contributed by atoms with Crippen LogP contribution >= 0.6 is 27.5 Å². The van der Waals surface area contributed by atoms with Gasteiger partial charge in [-0.25, -0.2) is 19.1 Å². The number of hydrogen-bond acceptors (Lipinski definition) is 4. The molecular formula is C18H17BrClFN2O3. The maximum absolute atomic E-state index is 14.6. The Kier molecular flexibility index (Phi) is 4.88. The molecule has 0 saturated carbocycles. The lowest BCUT2D eigenvalue weighted by atomic mass is 10.1. The van der Waals surface area contributed by atoms with Crippen molar-refractivity contribution in [2.45, 2.75) is 39.4 Å². The summed E-state index contributed by atoms with van der Waals surface area (Å²) in [7, 11) is 0. The highest BCUT2D eigenvalue weighted by molar-refractivity contribution is 9.10. The van der Waals surface area contributed by atoms with Crippen molar-refractivity contribution >= 4 is 45.1 Å². The fourth-order valence-corrected chi connectivity index (χ4v) is 3.38. The first-order valence-electron chi connectivity index (χ1n) is 7.91. The highest BCUT2D eigenvalue weighted by Gasteiger charge is 2.36. The Hall–Kier alpha value is -1.86. The second-order valence-electron chi connectivity index (χ2n) is 6.84. The van der Waals surface area contributed by atoms with E-state index in [1.165, 1.54) is 17.2 Å². The van der Waals surface area contributed by atoms with Gasteiger partial charge in [0.15, 0.2) is 17.4 Å². The second-order valence-corrected chi connectivity index (χ2v) is 8.16. The van der Waals surface area contributed by atoms with Gasteiger partial charge >= 0.3 is 6.09 Å². The van der Waals surface area contributed by atoms with Gasteiger partial charge in [0.25, 0.3) is 0 Å². The fraction of sp³-hybridized carbons (Fsp3) is 0.333. The molecule has 0 aliphatic carbocycles. The van der Waals surface area contributed by atoms with E-state index in [0.29, 0.717) is 15.1 Å². The Morgan fingerprint density at radius 3 is 2.77 bits per heavy atom. The van der Waals surface area contributed by atoms with Gasteiger partial charge in [0.1, 0.15) is 17.4 Å². The summed E-state index contributed by atoms with van der Waals surface area (Å²) in [5, 5.41) is 0.364. The summed E-state index contributed by atoms with van der Waals surface area (Å²) >= 11 is 9.58. The van der Waals surface area contributed by atoms with Gasteiger partial charge in [0.05, 0.1) is 10.6 Å². The topological polar surface area (TPSA) is 51.7 Å². The molecule has 0 N–H and O–H groups in total. The van der Waals surface area contributed by atoms with Crippen molar-refractivity contribution in [1.29, 1.82) is 0 Å². The molecule has 1 aliphatic rings. The third-order valence-electron chi connectivity index (χ3n) is 3.63. The number of carbonyl (C=O) groups is 1. The lowest BCUT2D eigenvalue weighted by molar-refractivity contribution is 0.0598. The number of rotatable bonds is 0. The van der Waals surface area contributed by atoms with Crippen molar-refractivity contribution < 1.29 is 18.7 Å². The molecule has 138 valence electrons. The summed E-state index contributed by atoms with van der Waals surface area (Å²) in [6.45, 7) is 6.96. The van der Waals surface area contributed by atoms with Crippen LogP contribution in [0, 0.1) is 5.82 Å². The molecule has 3 rings (SSSR count). The molecule has 0 bridgehead atoms. The zero-order valence-corrected chi connectivity index (χ0v) is 17.0. The molecule has 1 aromatic carbocycles. The normalized spacial score (nSPS) is 16.3. The summed E-state index contributed by atoms with van der Waals surface area (Å²) in [5.41, 5.74) is -0.0856. The van der Waals surface area contributed by atoms with E-state index in [1.54, 1.807) is 39.8 Å². The zero-order chi connectivity index (χ0) is 19.2. The van der Waals surface area contributed by atoms with E-state index in [2.05, 4.69) is 20.9 Å². The van der Waals surface area contributed by atoms with Crippen LogP contribution in [0.5, 0.6) is 5.75 Å². The van der Waals surface area contributed by atoms with E-state index in [1.807, 2.05) is 0 Å². The van der Waals surface area contributed by atoms with Gasteiger partial charge in [-0.2, -0.15) is 0 Å². The Labute approximate surface area is 164 Å². The molecule has 1 unspecified atom stereocenters. The highest BCUT2D eigenvalue weighted by atomic mass is 79.9. The van der Waals surface area contributed by atoms with Crippen LogP contribution in [0.3, 0.4) is 0 Å². The maximum Gasteiger partial charge on any atom is 0.420 e. The molecule has 5 nitrogen and oxygen atoms in total. The molecule has 0 fully saturated rings. The first-order chi connectivity index (χ1) is 12.1. The van der Waals surface area contributed by atoms with Gasteiger partial charge in [-0.1, -0.05) is 27.5 Å². The highest BCUT2D eigenvalue weighted by Crippen LogP contribution is 2.47. The number of hydrogen-bond donors (Lipinski definition) is 0. The van der Waals surface area contributed by atoms with Gasteiger partial charge in [-0.3, -0.25) is 0 Å². The predicted molar refractivity (Wildman–Crippen MR) is 101 cm³/mol. The van der Waals surface area contributed by atoms with Crippen molar-refractivity contribution in [3.63, 3.8) is 0 Å². The van der Waals surface area contributed by atoms with Crippen molar-refractivity contribution in [3.05, 3.63) is 45.3 Å². The summed E-state index contributed by atoms with van der Waals surface area (Å²) < 4.78 is 26.3. The number of halogens is 3. The molecule has 0 spiro atoms. The van der Waals surface area contributed by atoms with Gasteiger partial charge < -0.3 is 9.47 Å². The third-order valence-corrected chi connectivity index (χ3v) is 4.42. The minimum atomic E-state index is -0.751. The van der Waals surface area contributed by atoms with E-state index < -0.39 is 23.6 Å². The average molecular weight is 444 g/mol. The molecule has 1 amide bonds. The largest absolute Gasteiger partial charge is 0.481 e. The molecule has 0 radical (unpaired) electrons. The van der Waals surface area contributed by atoms with Crippen molar-refractivity contribution in [1.82, 2.24) is 4.98 Å². The number of carbonyl (C=O) groups excluding carboxylic acids is 1. The smallest absolute Gasteiger partial charge is 0.420 e. The molecule has 2 aromatic rings. The lowest BCUT2D eigenvalue weighted by Crippen LogP contribution is -2.34. The average Bonchev–Trinajstić information content (AvgIpc) is 2.61. The van der Waals surface area contributed by atoms with Crippen molar-refractivity contribution in [3.8, 4) is 5.75 Å². The van der Waals surface area contributed by atoms with Crippen LogP contribution in [0.25, 0.3) is 0 Å². The number of aromatic nitrogens is 1. The monoisotopic (exact) mass is 442 g/mol. The fourth-order valence-electron chi connectivity index (χ4n) is 2.67. The van der Waals surface area contributed by atoms with Gasteiger partial charge in [0.2, 0.25) is 0 Å². The lowest BCUT2D eigenvalue weighted by Gasteiger charge is -2.27. The molecule has 0 saturated heterocycles. The van der Waals surface area contributed by atoms with E-state index >= 15 is 0 Å². The van der Waals surface area contributed by atoms with Crippen LogP contribution in [0.2, 0.25) is 5.02 Å². The molecule has 26 heavy (non-hydrogen) atoms. The van der Waals surface area contributed by atoms with Crippen LogP contribution < -0.4 is 9.64 Å². The van der Waals surface area contributed by atoms with Crippen LogP contribution in [-0.2, 0) is 4.74 Å². The number of fused-ring (bicyclic) bond motifs is 2. The van der Waals surface area contributed by atoms with E-state index in [9.17, 15) is 9.18 Å². The summed E-state index contributed by atoms with van der Waals surface area (Å²) in [5.74, 6) is -0.435. The number of nitrogens with zero attached hydrogens (tertiary/aromatic N) is 2. The standard InChI is InChI=1S/C18H17BrClFN2O3/c1-9-14-11(20)5-6-22-16(14)23(17(24)26-18(2,3)4)13-8-10(19)7-12(21)15(13)25-9/h5-9H,1-4H3. The Morgan fingerprint density at radius 2 is 2.12 bits per heavy atom. The third kappa shape index (κ3) is 3.50. The first kappa shape index (κ1) is 18.9. The summed E-state index contributed by atoms with van der Waals surface area (Å²) in [6, 6.07) is 4.44. The zero-order valence-electron chi connectivity index (χ0n) is 14.6. The first-order valence-corrected chi connectivity index (χ1v) is 9.09. The Morgan fingerprint density at radius 1 is 1.42 bits per heavy atom.